The Morgan fingerprint density at radius 1 is 0.706 bits per heavy atom. The lowest BCUT2D eigenvalue weighted by atomic mass is 10.3. The number of nitrogens with zero attached hydrogens (tertiary/aromatic N) is 2. The van der Waals surface area contributed by atoms with Gasteiger partial charge in [-0.3, -0.25) is 8.37 Å². The van der Waals surface area contributed by atoms with Crippen molar-refractivity contribution in [1.82, 2.24) is 0 Å². The monoisotopic (exact) mass is 556 g/mol. The molecule has 2 heterocycles. The third kappa shape index (κ3) is 19.1. The van der Waals surface area contributed by atoms with Gasteiger partial charge >= 0.3 is 0 Å². The lowest BCUT2D eigenvalue weighted by Gasteiger charge is -2.02. The Hall–Kier alpha value is -1.26. The molecular weight excluding hydrogens is 524 g/mol. The molecule has 0 fully saturated rings. The summed E-state index contributed by atoms with van der Waals surface area (Å²) in [6.07, 6.45) is 6.57. The van der Waals surface area contributed by atoms with Gasteiger partial charge in [-0.25, -0.2) is 26.0 Å². The van der Waals surface area contributed by atoms with E-state index in [9.17, 15) is 25.9 Å². The first-order chi connectivity index (χ1) is 15.9. The normalized spacial score (nSPS) is 11.1. The second kappa shape index (κ2) is 18.1. The van der Waals surface area contributed by atoms with Crippen LogP contribution in [0.1, 0.15) is 11.4 Å². The Balaban J connectivity index is 0.000000750. The van der Waals surface area contributed by atoms with Gasteiger partial charge < -0.3 is 9.11 Å². The van der Waals surface area contributed by atoms with E-state index in [1.54, 1.807) is 0 Å². The first kappa shape index (κ1) is 32.7. The zero-order chi connectivity index (χ0) is 26.0. The van der Waals surface area contributed by atoms with E-state index >= 15 is 0 Å². The Morgan fingerprint density at radius 2 is 1.03 bits per heavy atom. The predicted molar refractivity (Wildman–Crippen MR) is 131 cm³/mol. The standard InChI is InChI=1S/C18H26N2S2.2CH4O4S/c1-19-11-5-3-7-17(19)9-13-21-15-16-22-14-10-18-8-4-6-12-20(18)2;2*1-5-6(2,3)4/h3-8,11-12H,9-10,13-16H2,1-2H3;2*1H3,(H,2,3,4)/q+2;;/p-2. The summed E-state index contributed by atoms with van der Waals surface area (Å²) in [7, 11) is -2.96. The van der Waals surface area contributed by atoms with Gasteiger partial charge in [0.05, 0.1) is 14.2 Å². The molecule has 2 rings (SSSR count). The van der Waals surface area contributed by atoms with E-state index < -0.39 is 20.8 Å². The number of aromatic nitrogens is 2. The third-order valence-electron chi connectivity index (χ3n) is 4.11. The number of hydrogen-bond donors (Lipinski definition) is 0. The van der Waals surface area contributed by atoms with Crippen molar-refractivity contribution in [3.05, 3.63) is 60.2 Å². The molecule has 0 aliphatic rings. The molecule has 0 radical (unpaired) electrons. The lowest BCUT2D eigenvalue weighted by Crippen LogP contribution is -2.33. The maximum Gasteiger partial charge on any atom is 0.217 e. The second-order valence-corrected chi connectivity index (χ2v) is 11.2. The van der Waals surface area contributed by atoms with Crippen LogP contribution in [-0.4, -0.2) is 63.2 Å². The van der Waals surface area contributed by atoms with Gasteiger partial charge in [0, 0.05) is 60.1 Å². The third-order valence-corrected chi connectivity index (χ3v) is 7.16. The number of pyridine rings is 2. The van der Waals surface area contributed by atoms with Gasteiger partial charge in [-0.15, -0.1) is 0 Å². The fourth-order valence-electron chi connectivity index (χ4n) is 2.31. The van der Waals surface area contributed by atoms with Gasteiger partial charge in [-0.1, -0.05) is 12.1 Å². The molecule has 0 saturated heterocycles. The molecule has 0 aromatic carbocycles. The predicted octanol–water partition coefficient (Wildman–Crippen LogP) is 0.773. The molecule has 34 heavy (non-hydrogen) atoms. The number of rotatable bonds is 11. The molecule has 0 aliphatic carbocycles. The number of aryl methyl sites for hydroxylation is 4. The number of thioether (sulfide) groups is 2. The summed E-state index contributed by atoms with van der Waals surface area (Å²) in [4.78, 5) is 0. The Bertz CT molecular complexity index is 951. The summed E-state index contributed by atoms with van der Waals surface area (Å²) in [5.74, 6) is 4.93. The summed E-state index contributed by atoms with van der Waals surface area (Å²) < 4.78 is 66.5. The van der Waals surface area contributed by atoms with Crippen molar-refractivity contribution in [3.63, 3.8) is 0 Å². The highest BCUT2D eigenvalue weighted by Crippen LogP contribution is 2.10. The van der Waals surface area contributed by atoms with Crippen molar-refractivity contribution < 1.29 is 43.4 Å². The fourth-order valence-corrected chi connectivity index (χ4v) is 4.37. The van der Waals surface area contributed by atoms with Crippen LogP contribution < -0.4 is 9.13 Å². The van der Waals surface area contributed by atoms with Crippen LogP contribution in [0.25, 0.3) is 0 Å². The average Bonchev–Trinajstić information content (AvgIpc) is 2.78. The van der Waals surface area contributed by atoms with Crippen LogP contribution in [0, 0.1) is 0 Å². The average molecular weight is 557 g/mol. The quantitative estimate of drug-likeness (QED) is 0.169. The first-order valence-electron chi connectivity index (χ1n) is 9.95. The van der Waals surface area contributed by atoms with E-state index in [4.69, 9.17) is 0 Å². The number of hydrogen-bond acceptors (Lipinski definition) is 10. The van der Waals surface area contributed by atoms with E-state index in [1.165, 1.54) is 34.4 Å². The molecule has 0 amide bonds. The molecule has 194 valence electrons. The van der Waals surface area contributed by atoms with Crippen molar-refractivity contribution in [2.24, 2.45) is 14.1 Å². The SMILES string of the molecule is COS(=O)(=O)[O-].COS(=O)(=O)[O-].C[n+]1ccccc1CCSCCSCCc1cccc[n+]1C. The molecule has 0 spiro atoms. The smallest absolute Gasteiger partial charge is 0.217 e. The lowest BCUT2D eigenvalue weighted by molar-refractivity contribution is -0.679. The summed E-state index contributed by atoms with van der Waals surface area (Å²) in [5.41, 5.74) is 2.83. The van der Waals surface area contributed by atoms with Crippen LogP contribution in [0.5, 0.6) is 0 Å². The molecule has 0 saturated carbocycles. The molecule has 0 atom stereocenters. The zero-order valence-electron chi connectivity index (χ0n) is 19.7. The maximum absolute atomic E-state index is 9.22. The van der Waals surface area contributed by atoms with Gasteiger partial charge in [0.25, 0.3) is 0 Å². The molecule has 14 heteroatoms. The highest BCUT2D eigenvalue weighted by molar-refractivity contribution is 8.02. The van der Waals surface area contributed by atoms with Crippen molar-refractivity contribution in [1.29, 1.82) is 0 Å². The first-order valence-corrected chi connectivity index (χ1v) is 14.9. The Kier molecular flexibility index (Phi) is 17.4. The Labute approximate surface area is 211 Å². The van der Waals surface area contributed by atoms with E-state index in [2.05, 4.69) is 104 Å². The molecule has 0 aliphatic heterocycles. The van der Waals surface area contributed by atoms with Crippen LogP contribution >= 0.6 is 23.5 Å². The topological polar surface area (TPSA) is 141 Å². The van der Waals surface area contributed by atoms with Crippen LogP contribution in [0.4, 0.5) is 0 Å². The fraction of sp³-hybridized carbons (Fsp3) is 0.500. The van der Waals surface area contributed by atoms with Crippen LogP contribution in [0.2, 0.25) is 0 Å². The van der Waals surface area contributed by atoms with E-state index in [0.717, 1.165) is 27.1 Å². The van der Waals surface area contributed by atoms with Crippen LogP contribution in [-0.2, 0) is 56.1 Å². The molecule has 0 bridgehead atoms. The highest BCUT2D eigenvalue weighted by atomic mass is 32.3. The van der Waals surface area contributed by atoms with Gasteiger partial charge in [0.1, 0.15) is 14.1 Å². The van der Waals surface area contributed by atoms with E-state index in [1.807, 2.05) is 0 Å². The second-order valence-electron chi connectivity index (χ2n) is 6.48. The zero-order valence-corrected chi connectivity index (χ0v) is 22.9. The minimum atomic E-state index is -4.41. The van der Waals surface area contributed by atoms with Gasteiger partial charge in [0.15, 0.2) is 23.8 Å². The Morgan fingerprint density at radius 3 is 1.29 bits per heavy atom. The van der Waals surface area contributed by atoms with Gasteiger partial charge in [0.2, 0.25) is 20.8 Å². The minimum Gasteiger partial charge on any atom is -0.726 e. The summed E-state index contributed by atoms with van der Waals surface area (Å²) in [6, 6.07) is 12.9. The molecular formula is C20H32N2O8S4. The van der Waals surface area contributed by atoms with E-state index in [-0.39, 0.29) is 0 Å². The van der Waals surface area contributed by atoms with Crippen LogP contribution in [0.3, 0.4) is 0 Å². The summed E-state index contributed by atoms with van der Waals surface area (Å²) in [5, 5.41) is 0. The van der Waals surface area contributed by atoms with Gasteiger partial charge in [-0.05, 0) is 0 Å². The van der Waals surface area contributed by atoms with Crippen molar-refractivity contribution in [3.8, 4) is 0 Å². The highest BCUT2D eigenvalue weighted by Gasteiger charge is 2.05. The summed E-state index contributed by atoms with van der Waals surface area (Å²) in [6.45, 7) is 0. The van der Waals surface area contributed by atoms with Crippen LogP contribution in [0.15, 0.2) is 48.8 Å². The largest absolute Gasteiger partial charge is 0.726 e. The molecule has 10 nitrogen and oxygen atoms in total. The summed E-state index contributed by atoms with van der Waals surface area (Å²) >= 11 is 4.13. The molecule has 2 aromatic rings. The molecule has 0 unspecified atom stereocenters. The molecule has 0 N–H and O–H groups in total. The van der Waals surface area contributed by atoms with Crippen molar-refractivity contribution >= 4 is 44.3 Å². The van der Waals surface area contributed by atoms with Crippen molar-refractivity contribution in [2.75, 3.05) is 37.2 Å². The van der Waals surface area contributed by atoms with E-state index in [0.29, 0.717) is 0 Å². The van der Waals surface area contributed by atoms with Gasteiger partial charge in [-0.2, -0.15) is 23.5 Å². The maximum atomic E-state index is 9.22. The molecule has 2 aromatic heterocycles. The minimum absolute atomic E-state index is 0.808. The van der Waals surface area contributed by atoms with Crippen molar-refractivity contribution in [2.45, 2.75) is 12.8 Å².